The molecule has 0 saturated carbocycles. The Morgan fingerprint density at radius 2 is 1.73 bits per heavy atom. The monoisotopic (exact) mass is 447 g/mol. The molecule has 0 radical (unpaired) electrons. The van der Waals surface area contributed by atoms with E-state index in [1.54, 1.807) is 14.2 Å². The molecule has 0 fully saturated rings. The largest absolute Gasteiger partial charge is 0.493 e. The molecule has 8 heteroatoms. The average molecular weight is 447 g/mol. The van der Waals surface area contributed by atoms with Crippen LogP contribution in [0, 0.1) is 10.1 Å². The molecule has 1 heterocycles. The molecule has 1 atom stereocenters. The minimum Gasteiger partial charge on any atom is -0.493 e. The highest BCUT2D eigenvalue weighted by Gasteiger charge is 2.31. The lowest BCUT2D eigenvalue weighted by Crippen LogP contribution is -2.41. The fourth-order valence-electron chi connectivity index (χ4n) is 4.25. The lowest BCUT2D eigenvalue weighted by atomic mass is 9.87. The standard InChI is InChI=1S/C25H25N3O5/c1-32-22-14-18-12-13-27(16-24(29)26-19-8-10-20(11-9-19)28(30)31)25(17-6-4-3-5-7-17)21(18)15-23(22)33-2/h3-11,14-15,25H,12-13,16H2,1-2H3,(H,26,29)/t25-/m0/s1. The van der Waals surface area contributed by atoms with Crippen LogP contribution in [0.5, 0.6) is 11.5 Å². The normalized spacial score (nSPS) is 15.4. The number of nitro benzene ring substituents is 1. The molecule has 4 rings (SSSR count). The molecule has 0 saturated heterocycles. The lowest BCUT2D eigenvalue weighted by Gasteiger charge is -2.37. The second-order valence-electron chi connectivity index (χ2n) is 7.79. The van der Waals surface area contributed by atoms with E-state index in [0.29, 0.717) is 23.7 Å². The quantitative estimate of drug-likeness (QED) is 0.431. The number of methoxy groups -OCH3 is 2. The molecular weight excluding hydrogens is 422 g/mol. The number of ether oxygens (including phenoxy) is 2. The molecular formula is C25H25N3O5. The molecule has 0 spiro atoms. The van der Waals surface area contributed by atoms with Crippen LogP contribution >= 0.6 is 0 Å². The Bertz CT molecular complexity index is 1150. The third-order valence-corrected chi connectivity index (χ3v) is 5.80. The van der Waals surface area contributed by atoms with Crippen LogP contribution in [0.2, 0.25) is 0 Å². The molecule has 3 aromatic carbocycles. The van der Waals surface area contributed by atoms with Crippen LogP contribution < -0.4 is 14.8 Å². The van der Waals surface area contributed by atoms with Crippen LogP contribution in [0.4, 0.5) is 11.4 Å². The molecule has 170 valence electrons. The van der Waals surface area contributed by atoms with Crippen molar-refractivity contribution in [2.24, 2.45) is 0 Å². The number of rotatable bonds is 7. The van der Waals surface area contributed by atoms with Crippen molar-refractivity contribution in [2.45, 2.75) is 12.5 Å². The van der Waals surface area contributed by atoms with Gasteiger partial charge in [0.1, 0.15) is 0 Å². The number of nitrogens with one attached hydrogen (secondary N) is 1. The molecule has 1 amide bonds. The van der Waals surface area contributed by atoms with E-state index in [-0.39, 0.29) is 24.2 Å². The second kappa shape index (κ2) is 9.70. The van der Waals surface area contributed by atoms with Crippen LogP contribution in [0.25, 0.3) is 0 Å². The first-order chi connectivity index (χ1) is 16.0. The van der Waals surface area contributed by atoms with E-state index in [1.807, 2.05) is 30.3 Å². The summed E-state index contributed by atoms with van der Waals surface area (Å²) in [7, 11) is 3.23. The third kappa shape index (κ3) is 4.80. The molecule has 0 aliphatic carbocycles. The molecule has 8 nitrogen and oxygen atoms in total. The van der Waals surface area contributed by atoms with E-state index in [9.17, 15) is 14.9 Å². The highest BCUT2D eigenvalue weighted by Crippen LogP contribution is 2.40. The third-order valence-electron chi connectivity index (χ3n) is 5.80. The van der Waals surface area contributed by atoms with E-state index in [1.165, 1.54) is 24.3 Å². The van der Waals surface area contributed by atoms with Gasteiger partial charge in [0, 0.05) is 24.4 Å². The fraction of sp³-hybridized carbons (Fsp3) is 0.240. The lowest BCUT2D eigenvalue weighted by molar-refractivity contribution is -0.384. The van der Waals surface area contributed by atoms with E-state index in [0.717, 1.165) is 23.1 Å². The number of nitro groups is 1. The van der Waals surface area contributed by atoms with Crippen LogP contribution in [-0.4, -0.2) is 43.0 Å². The summed E-state index contributed by atoms with van der Waals surface area (Å²) in [4.78, 5) is 25.4. The minimum absolute atomic E-state index is 0.0193. The first-order valence-electron chi connectivity index (χ1n) is 10.6. The van der Waals surface area contributed by atoms with Crippen molar-refractivity contribution >= 4 is 17.3 Å². The summed E-state index contributed by atoms with van der Waals surface area (Å²) in [5.41, 5.74) is 3.82. The van der Waals surface area contributed by atoms with E-state index < -0.39 is 4.92 Å². The van der Waals surface area contributed by atoms with Crippen LogP contribution in [0.15, 0.2) is 66.7 Å². The number of amides is 1. The number of carbonyl (C=O) groups excluding carboxylic acids is 1. The first-order valence-corrected chi connectivity index (χ1v) is 10.6. The van der Waals surface area contributed by atoms with Gasteiger partial charge in [-0.2, -0.15) is 0 Å². The van der Waals surface area contributed by atoms with Crippen molar-refractivity contribution in [1.29, 1.82) is 0 Å². The van der Waals surface area contributed by atoms with Gasteiger partial charge in [-0.1, -0.05) is 30.3 Å². The first kappa shape index (κ1) is 22.3. The maximum Gasteiger partial charge on any atom is 0.269 e. The summed E-state index contributed by atoms with van der Waals surface area (Å²) in [6.45, 7) is 0.861. The van der Waals surface area contributed by atoms with E-state index in [2.05, 4.69) is 22.3 Å². The summed E-state index contributed by atoms with van der Waals surface area (Å²) < 4.78 is 11.0. The Labute approximate surface area is 191 Å². The Balaban J connectivity index is 1.61. The van der Waals surface area contributed by atoms with Gasteiger partial charge < -0.3 is 14.8 Å². The smallest absolute Gasteiger partial charge is 0.269 e. The Hall–Kier alpha value is -3.91. The fourth-order valence-corrected chi connectivity index (χ4v) is 4.25. The highest BCUT2D eigenvalue weighted by atomic mass is 16.6. The van der Waals surface area contributed by atoms with Crippen molar-refractivity contribution in [3.05, 3.63) is 93.5 Å². The van der Waals surface area contributed by atoms with Crippen LogP contribution in [-0.2, 0) is 11.2 Å². The number of nitrogens with zero attached hydrogens (tertiary/aromatic N) is 2. The molecule has 33 heavy (non-hydrogen) atoms. The van der Waals surface area contributed by atoms with Gasteiger partial charge >= 0.3 is 0 Å². The van der Waals surface area contributed by atoms with E-state index >= 15 is 0 Å². The molecule has 1 aliphatic heterocycles. The number of hydrogen-bond acceptors (Lipinski definition) is 6. The maximum atomic E-state index is 12.9. The average Bonchev–Trinajstić information content (AvgIpc) is 2.83. The number of fused-ring (bicyclic) bond motifs is 1. The van der Waals surface area contributed by atoms with Gasteiger partial charge in [-0.25, -0.2) is 0 Å². The molecule has 1 N–H and O–H groups in total. The number of carbonyl (C=O) groups is 1. The topological polar surface area (TPSA) is 93.9 Å². The number of anilines is 1. The predicted molar refractivity (Wildman–Crippen MR) is 125 cm³/mol. The van der Waals surface area contributed by atoms with Gasteiger partial charge in [0.15, 0.2) is 11.5 Å². The van der Waals surface area contributed by atoms with Crippen LogP contribution in [0.3, 0.4) is 0 Å². The summed E-state index contributed by atoms with van der Waals surface area (Å²) in [5, 5.41) is 13.7. The zero-order valence-corrected chi connectivity index (χ0v) is 18.5. The van der Waals surface area contributed by atoms with Crippen molar-refractivity contribution in [3.8, 4) is 11.5 Å². The van der Waals surface area contributed by atoms with Gasteiger partial charge in [0.25, 0.3) is 5.69 Å². The zero-order chi connectivity index (χ0) is 23.4. The van der Waals surface area contributed by atoms with Gasteiger partial charge in [0.2, 0.25) is 5.91 Å². The molecule has 3 aromatic rings. The summed E-state index contributed by atoms with van der Waals surface area (Å²) in [6.07, 6.45) is 0.768. The molecule has 0 aromatic heterocycles. The van der Waals surface area contributed by atoms with Gasteiger partial charge in [-0.05, 0) is 47.4 Å². The zero-order valence-electron chi connectivity index (χ0n) is 18.5. The van der Waals surface area contributed by atoms with Crippen molar-refractivity contribution < 1.29 is 19.2 Å². The summed E-state index contributed by atoms with van der Waals surface area (Å²) >= 11 is 0. The van der Waals surface area contributed by atoms with Crippen molar-refractivity contribution in [1.82, 2.24) is 4.90 Å². The van der Waals surface area contributed by atoms with Crippen LogP contribution in [0.1, 0.15) is 22.7 Å². The Morgan fingerprint density at radius 1 is 1.06 bits per heavy atom. The number of hydrogen-bond donors (Lipinski definition) is 1. The van der Waals surface area contributed by atoms with Gasteiger partial charge in [-0.15, -0.1) is 0 Å². The summed E-state index contributed by atoms with van der Waals surface area (Å²) in [5.74, 6) is 1.15. The number of benzene rings is 3. The van der Waals surface area contributed by atoms with Gasteiger partial charge in [-0.3, -0.25) is 19.8 Å². The van der Waals surface area contributed by atoms with Gasteiger partial charge in [0.05, 0.1) is 31.7 Å². The minimum atomic E-state index is -0.468. The predicted octanol–water partition coefficient (Wildman–Crippen LogP) is 4.20. The SMILES string of the molecule is COc1cc2c(cc1OC)[C@H](c1ccccc1)N(CC(=O)Nc1ccc([N+](=O)[O-])cc1)CC2. The number of non-ortho nitro benzene ring substituents is 1. The second-order valence-corrected chi connectivity index (χ2v) is 7.79. The maximum absolute atomic E-state index is 12.9. The van der Waals surface area contributed by atoms with Crippen molar-refractivity contribution in [3.63, 3.8) is 0 Å². The molecule has 0 unspecified atom stereocenters. The molecule has 0 bridgehead atoms. The summed E-state index contributed by atoms with van der Waals surface area (Å²) in [6, 6.07) is 19.7. The van der Waals surface area contributed by atoms with Crippen molar-refractivity contribution in [2.75, 3.05) is 32.6 Å². The Kier molecular flexibility index (Phi) is 6.55. The molecule has 1 aliphatic rings. The highest BCUT2D eigenvalue weighted by molar-refractivity contribution is 5.92. The van der Waals surface area contributed by atoms with E-state index in [4.69, 9.17) is 9.47 Å². The Morgan fingerprint density at radius 3 is 2.36 bits per heavy atom.